The summed E-state index contributed by atoms with van der Waals surface area (Å²) in [5.41, 5.74) is 1.81. The van der Waals surface area contributed by atoms with Gasteiger partial charge in [0, 0.05) is 6.42 Å². The van der Waals surface area contributed by atoms with Crippen molar-refractivity contribution in [1.82, 2.24) is 15.0 Å². The van der Waals surface area contributed by atoms with Crippen molar-refractivity contribution in [2.75, 3.05) is 0 Å². The molecule has 0 aliphatic carbocycles. The number of fused-ring (bicyclic) bond motifs is 1. The molecule has 4 heteroatoms. The fraction of sp³-hybridized carbons (Fsp3) is 0.125. The number of hydrogen-bond donors (Lipinski definition) is 0. The Morgan fingerprint density at radius 3 is 2.65 bits per heavy atom. The molecule has 0 saturated carbocycles. The smallest absolute Gasteiger partial charge is 0.197 e. The second-order valence-corrected chi connectivity index (χ2v) is 4.43. The third kappa shape index (κ3) is 2.40. The maximum Gasteiger partial charge on any atom is 0.197 e. The molecule has 0 spiro atoms. The highest BCUT2D eigenvalue weighted by molar-refractivity contribution is 5.73. The second kappa shape index (κ2) is 5.57. The van der Waals surface area contributed by atoms with E-state index in [4.69, 9.17) is 4.74 Å². The van der Waals surface area contributed by atoms with E-state index in [0.717, 1.165) is 16.8 Å². The van der Waals surface area contributed by atoms with Gasteiger partial charge in [-0.15, -0.1) is 11.7 Å². The minimum absolute atomic E-state index is 0.248. The number of ether oxygens (including phenoxy) is 1. The molecule has 100 valence electrons. The van der Waals surface area contributed by atoms with Crippen LogP contribution in [-0.4, -0.2) is 15.0 Å². The van der Waals surface area contributed by atoms with Crippen LogP contribution in [0.3, 0.4) is 0 Å². The Labute approximate surface area is 117 Å². The van der Waals surface area contributed by atoms with Crippen molar-refractivity contribution in [2.45, 2.75) is 12.6 Å². The first-order chi connectivity index (χ1) is 9.88. The highest BCUT2D eigenvalue weighted by Crippen LogP contribution is 2.22. The van der Waals surface area contributed by atoms with Gasteiger partial charge < -0.3 is 4.74 Å². The molecule has 0 amide bonds. The van der Waals surface area contributed by atoms with Gasteiger partial charge in [0.25, 0.3) is 0 Å². The molecule has 3 rings (SSSR count). The normalized spacial score (nSPS) is 12.2. The summed E-state index contributed by atoms with van der Waals surface area (Å²) < 4.78 is 7.79. The van der Waals surface area contributed by atoms with Crippen LogP contribution in [0.25, 0.3) is 11.0 Å². The Hall–Kier alpha value is -2.62. The van der Waals surface area contributed by atoms with Crippen LogP contribution in [0.4, 0.5) is 0 Å². The van der Waals surface area contributed by atoms with Crippen LogP contribution in [-0.2, 0) is 0 Å². The van der Waals surface area contributed by atoms with Crippen molar-refractivity contribution in [3.05, 3.63) is 67.3 Å². The summed E-state index contributed by atoms with van der Waals surface area (Å²) in [7, 11) is 0. The van der Waals surface area contributed by atoms with Gasteiger partial charge in [-0.05, 0) is 24.3 Å². The van der Waals surface area contributed by atoms with Crippen LogP contribution < -0.4 is 4.74 Å². The van der Waals surface area contributed by atoms with Crippen molar-refractivity contribution in [3.63, 3.8) is 0 Å². The molecule has 4 nitrogen and oxygen atoms in total. The Morgan fingerprint density at radius 2 is 1.85 bits per heavy atom. The molecule has 1 unspecified atom stereocenters. The van der Waals surface area contributed by atoms with E-state index in [2.05, 4.69) is 16.9 Å². The second-order valence-electron chi connectivity index (χ2n) is 4.43. The lowest BCUT2D eigenvalue weighted by Crippen LogP contribution is -2.16. The molecule has 1 atom stereocenters. The highest BCUT2D eigenvalue weighted by atomic mass is 16.5. The van der Waals surface area contributed by atoms with Crippen molar-refractivity contribution in [3.8, 4) is 5.75 Å². The first kappa shape index (κ1) is 12.4. The standard InChI is InChI=1S/C16H15N3O/c1-2-8-16(20-13-9-4-3-5-10-13)19-15-12-7-6-11-14(15)17-18-19/h2-7,9-12,16H,1,8H2. The molecule has 2 aromatic carbocycles. The minimum Gasteiger partial charge on any atom is -0.468 e. The van der Waals surface area contributed by atoms with Crippen LogP contribution in [0.15, 0.2) is 67.3 Å². The van der Waals surface area contributed by atoms with Crippen molar-refractivity contribution in [2.24, 2.45) is 0 Å². The zero-order valence-electron chi connectivity index (χ0n) is 11.0. The van der Waals surface area contributed by atoms with Gasteiger partial charge in [0.2, 0.25) is 0 Å². The van der Waals surface area contributed by atoms with E-state index in [1.807, 2.05) is 60.7 Å². The number of aromatic nitrogens is 3. The summed E-state index contributed by atoms with van der Waals surface area (Å²) in [5, 5.41) is 8.37. The molecule has 0 aliphatic heterocycles. The molecule has 0 bridgehead atoms. The van der Waals surface area contributed by atoms with Gasteiger partial charge in [-0.1, -0.05) is 41.6 Å². The predicted octanol–water partition coefficient (Wildman–Crippen LogP) is 3.59. The maximum absolute atomic E-state index is 6.00. The van der Waals surface area contributed by atoms with Gasteiger partial charge in [0.15, 0.2) is 6.23 Å². The van der Waals surface area contributed by atoms with Gasteiger partial charge >= 0.3 is 0 Å². The quantitative estimate of drug-likeness (QED) is 0.662. The first-order valence-corrected chi connectivity index (χ1v) is 6.51. The number of benzene rings is 2. The summed E-state index contributed by atoms with van der Waals surface area (Å²) in [4.78, 5) is 0. The predicted molar refractivity (Wildman–Crippen MR) is 78.4 cm³/mol. The van der Waals surface area contributed by atoms with Crippen LogP contribution in [0, 0.1) is 0 Å². The van der Waals surface area contributed by atoms with Crippen molar-refractivity contribution >= 4 is 11.0 Å². The van der Waals surface area contributed by atoms with E-state index in [9.17, 15) is 0 Å². The average molecular weight is 265 g/mol. The lowest BCUT2D eigenvalue weighted by molar-refractivity contribution is 0.124. The highest BCUT2D eigenvalue weighted by Gasteiger charge is 2.15. The molecule has 0 aliphatic rings. The summed E-state index contributed by atoms with van der Waals surface area (Å²) in [5.74, 6) is 0.805. The molecular formula is C16H15N3O. The molecular weight excluding hydrogens is 250 g/mol. The first-order valence-electron chi connectivity index (χ1n) is 6.51. The SMILES string of the molecule is C=CCC(Oc1ccccc1)n1nnc2ccccc21. The van der Waals surface area contributed by atoms with Crippen LogP contribution in [0.1, 0.15) is 12.6 Å². The zero-order valence-corrected chi connectivity index (χ0v) is 11.0. The molecule has 0 fully saturated rings. The summed E-state index contributed by atoms with van der Waals surface area (Å²) in [6.45, 7) is 3.79. The van der Waals surface area contributed by atoms with E-state index >= 15 is 0 Å². The van der Waals surface area contributed by atoms with Crippen molar-refractivity contribution in [1.29, 1.82) is 0 Å². The fourth-order valence-electron chi connectivity index (χ4n) is 2.10. The topological polar surface area (TPSA) is 39.9 Å². The number of hydrogen-bond acceptors (Lipinski definition) is 3. The zero-order chi connectivity index (χ0) is 13.8. The molecule has 1 aromatic heterocycles. The van der Waals surface area contributed by atoms with E-state index < -0.39 is 0 Å². The Morgan fingerprint density at radius 1 is 1.10 bits per heavy atom. The van der Waals surface area contributed by atoms with Crippen molar-refractivity contribution < 1.29 is 4.74 Å². The lowest BCUT2D eigenvalue weighted by Gasteiger charge is -2.18. The summed E-state index contributed by atoms with van der Waals surface area (Å²) in [6, 6.07) is 17.5. The number of nitrogens with zero attached hydrogens (tertiary/aromatic N) is 3. The molecule has 0 N–H and O–H groups in total. The third-order valence-electron chi connectivity index (χ3n) is 3.03. The fourth-order valence-corrected chi connectivity index (χ4v) is 2.10. The number of rotatable bonds is 5. The van der Waals surface area contributed by atoms with Gasteiger partial charge in [-0.3, -0.25) is 0 Å². The summed E-state index contributed by atoms with van der Waals surface area (Å²) >= 11 is 0. The minimum atomic E-state index is -0.248. The number of para-hydroxylation sites is 2. The summed E-state index contributed by atoms with van der Waals surface area (Å²) in [6.07, 6.45) is 2.23. The van der Waals surface area contributed by atoms with Gasteiger partial charge in [0.05, 0.1) is 5.52 Å². The van der Waals surface area contributed by atoms with Crippen LogP contribution >= 0.6 is 0 Å². The van der Waals surface area contributed by atoms with Gasteiger partial charge in [0.1, 0.15) is 11.3 Å². The lowest BCUT2D eigenvalue weighted by atomic mass is 10.3. The molecule has 0 radical (unpaired) electrons. The largest absolute Gasteiger partial charge is 0.468 e. The van der Waals surface area contributed by atoms with Crippen LogP contribution in [0.2, 0.25) is 0 Å². The molecule has 0 saturated heterocycles. The van der Waals surface area contributed by atoms with E-state index in [1.54, 1.807) is 4.68 Å². The Bertz CT molecular complexity index is 706. The van der Waals surface area contributed by atoms with Crippen LogP contribution in [0.5, 0.6) is 5.75 Å². The third-order valence-corrected chi connectivity index (χ3v) is 3.03. The Kier molecular flexibility index (Phi) is 3.46. The Balaban J connectivity index is 1.96. The monoisotopic (exact) mass is 265 g/mol. The molecule has 3 aromatic rings. The molecule has 1 heterocycles. The van der Waals surface area contributed by atoms with E-state index in [-0.39, 0.29) is 6.23 Å². The van der Waals surface area contributed by atoms with Gasteiger partial charge in [-0.2, -0.15) is 0 Å². The van der Waals surface area contributed by atoms with E-state index in [0.29, 0.717) is 6.42 Å². The maximum atomic E-state index is 6.00. The van der Waals surface area contributed by atoms with E-state index in [1.165, 1.54) is 0 Å². The van der Waals surface area contributed by atoms with Gasteiger partial charge in [-0.25, -0.2) is 4.68 Å². The molecule has 20 heavy (non-hydrogen) atoms. The average Bonchev–Trinajstić information content (AvgIpc) is 2.92.